The molecule has 1 aliphatic heterocycles. The van der Waals surface area contributed by atoms with Crippen LogP contribution in [0.3, 0.4) is 0 Å². The average molecular weight is 298 g/mol. The fourth-order valence-electron chi connectivity index (χ4n) is 2.30. The summed E-state index contributed by atoms with van der Waals surface area (Å²) < 4.78 is 32.2. The normalized spacial score (nSPS) is 18.6. The maximum Gasteiger partial charge on any atom is 0.409 e. The number of benzene rings is 1. The number of carbonyl (C=O) groups is 1. The Bertz CT molecular complexity index is 497. The Balaban J connectivity index is 2.00. The average Bonchev–Trinajstić information content (AvgIpc) is 2.50. The molecule has 0 aromatic heterocycles. The van der Waals surface area contributed by atoms with Crippen molar-refractivity contribution in [1.82, 2.24) is 10.2 Å². The molecule has 0 radical (unpaired) electrons. The van der Waals surface area contributed by atoms with E-state index in [1.54, 1.807) is 0 Å². The highest BCUT2D eigenvalue weighted by Crippen LogP contribution is 2.21. The Labute approximate surface area is 123 Å². The van der Waals surface area contributed by atoms with Gasteiger partial charge >= 0.3 is 6.09 Å². The number of unbranched alkanes of at least 4 members (excludes halogenated alkanes) is 1. The van der Waals surface area contributed by atoms with Crippen molar-refractivity contribution in [3.8, 4) is 0 Å². The molecule has 1 saturated heterocycles. The van der Waals surface area contributed by atoms with E-state index in [0.29, 0.717) is 19.7 Å². The van der Waals surface area contributed by atoms with E-state index in [9.17, 15) is 13.6 Å². The van der Waals surface area contributed by atoms with Crippen LogP contribution in [0.2, 0.25) is 0 Å². The van der Waals surface area contributed by atoms with Crippen LogP contribution < -0.4 is 5.32 Å². The summed E-state index contributed by atoms with van der Waals surface area (Å²) in [6.07, 6.45) is 1.37. The van der Waals surface area contributed by atoms with E-state index in [1.165, 1.54) is 11.0 Å². The Morgan fingerprint density at radius 3 is 3.05 bits per heavy atom. The highest BCUT2D eigenvalue weighted by atomic mass is 19.1. The second kappa shape index (κ2) is 7.36. The van der Waals surface area contributed by atoms with Gasteiger partial charge in [-0.05, 0) is 24.6 Å². The fourth-order valence-corrected chi connectivity index (χ4v) is 2.30. The molecule has 2 rings (SSSR count). The van der Waals surface area contributed by atoms with Gasteiger partial charge in [0.1, 0.15) is 11.6 Å². The van der Waals surface area contributed by atoms with E-state index in [1.807, 2.05) is 6.92 Å². The molecule has 0 bridgehead atoms. The third-order valence-corrected chi connectivity index (χ3v) is 3.49. The van der Waals surface area contributed by atoms with Gasteiger partial charge in [-0.1, -0.05) is 13.3 Å². The van der Waals surface area contributed by atoms with Crippen LogP contribution in [0.1, 0.15) is 31.4 Å². The predicted octanol–water partition coefficient (Wildman–Crippen LogP) is 2.85. The first-order chi connectivity index (χ1) is 10.1. The number of piperazine rings is 1. The SMILES string of the molecule is CCCCOC(=O)N1CCNC(c2cc(F)ccc2F)C1. The first-order valence-electron chi connectivity index (χ1n) is 7.22. The van der Waals surface area contributed by atoms with Gasteiger partial charge in [-0.2, -0.15) is 0 Å². The Kier molecular flexibility index (Phi) is 5.50. The lowest BCUT2D eigenvalue weighted by Crippen LogP contribution is -2.48. The van der Waals surface area contributed by atoms with Crippen molar-refractivity contribution in [3.63, 3.8) is 0 Å². The largest absolute Gasteiger partial charge is 0.449 e. The molecule has 1 aromatic rings. The summed E-state index contributed by atoms with van der Waals surface area (Å²) in [7, 11) is 0. The Hall–Kier alpha value is -1.69. The van der Waals surface area contributed by atoms with E-state index < -0.39 is 23.8 Å². The summed E-state index contributed by atoms with van der Waals surface area (Å²) in [6.45, 7) is 3.69. The summed E-state index contributed by atoms with van der Waals surface area (Å²) in [5.74, 6) is -0.967. The summed E-state index contributed by atoms with van der Waals surface area (Å²) in [5, 5.41) is 3.10. The van der Waals surface area contributed by atoms with Crippen molar-refractivity contribution in [2.24, 2.45) is 0 Å². The van der Waals surface area contributed by atoms with Crippen LogP contribution in [0.5, 0.6) is 0 Å². The second-order valence-electron chi connectivity index (χ2n) is 5.09. The van der Waals surface area contributed by atoms with Crippen LogP contribution in [0, 0.1) is 11.6 Å². The number of nitrogens with zero attached hydrogens (tertiary/aromatic N) is 1. The number of halogens is 2. The van der Waals surface area contributed by atoms with Crippen molar-refractivity contribution < 1.29 is 18.3 Å². The number of rotatable bonds is 4. The predicted molar refractivity (Wildman–Crippen MR) is 74.9 cm³/mol. The third kappa shape index (κ3) is 4.14. The molecule has 1 unspecified atom stereocenters. The van der Waals surface area contributed by atoms with E-state index >= 15 is 0 Å². The molecule has 0 saturated carbocycles. The van der Waals surface area contributed by atoms with E-state index in [2.05, 4.69) is 5.32 Å². The van der Waals surface area contributed by atoms with Gasteiger partial charge in [-0.15, -0.1) is 0 Å². The van der Waals surface area contributed by atoms with Crippen molar-refractivity contribution in [1.29, 1.82) is 0 Å². The zero-order valence-electron chi connectivity index (χ0n) is 12.1. The smallest absolute Gasteiger partial charge is 0.409 e. The van der Waals surface area contributed by atoms with E-state index in [0.717, 1.165) is 25.0 Å². The fraction of sp³-hybridized carbons (Fsp3) is 0.533. The van der Waals surface area contributed by atoms with Gasteiger partial charge in [0.25, 0.3) is 0 Å². The highest BCUT2D eigenvalue weighted by Gasteiger charge is 2.27. The zero-order chi connectivity index (χ0) is 15.2. The van der Waals surface area contributed by atoms with Gasteiger partial charge in [0.05, 0.1) is 12.6 Å². The van der Waals surface area contributed by atoms with E-state index in [-0.39, 0.29) is 12.1 Å². The summed E-state index contributed by atoms with van der Waals surface area (Å²) in [5.41, 5.74) is 0.237. The second-order valence-corrected chi connectivity index (χ2v) is 5.09. The van der Waals surface area contributed by atoms with Gasteiger partial charge in [-0.25, -0.2) is 13.6 Å². The van der Waals surface area contributed by atoms with Crippen molar-refractivity contribution in [3.05, 3.63) is 35.4 Å². The summed E-state index contributed by atoms with van der Waals surface area (Å²) in [6, 6.07) is 2.93. The maximum atomic E-state index is 13.8. The molecule has 1 fully saturated rings. The minimum absolute atomic E-state index is 0.237. The Morgan fingerprint density at radius 2 is 2.29 bits per heavy atom. The first-order valence-corrected chi connectivity index (χ1v) is 7.22. The number of amides is 1. The van der Waals surface area contributed by atoms with Gasteiger partial charge in [0, 0.05) is 25.2 Å². The van der Waals surface area contributed by atoms with Gasteiger partial charge in [0.15, 0.2) is 0 Å². The molecule has 0 aliphatic carbocycles. The van der Waals surface area contributed by atoms with Crippen LogP contribution in [0.4, 0.5) is 13.6 Å². The quantitative estimate of drug-likeness (QED) is 0.869. The number of hydrogen-bond acceptors (Lipinski definition) is 3. The van der Waals surface area contributed by atoms with Gasteiger partial charge < -0.3 is 15.0 Å². The molecular formula is C15H20F2N2O2. The molecule has 1 N–H and O–H groups in total. The van der Waals surface area contributed by atoms with Crippen LogP contribution >= 0.6 is 0 Å². The van der Waals surface area contributed by atoms with E-state index in [4.69, 9.17) is 4.74 Å². The topological polar surface area (TPSA) is 41.6 Å². The molecule has 6 heteroatoms. The number of ether oxygens (including phenoxy) is 1. The lowest BCUT2D eigenvalue weighted by atomic mass is 10.0. The molecule has 1 heterocycles. The molecule has 1 aromatic carbocycles. The van der Waals surface area contributed by atoms with Crippen LogP contribution in [0.15, 0.2) is 18.2 Å². The van der Waals surface area contributed by atoms with Crippen molar-refractivity contribution in [2.45, 2.75) is 25.8 Å². The summed E-state index contributed by atoms with van der Waals surface area (Å²) in [4.78, 5) is 13.4. The lowest BCUT2D eigenvalue weighted by Gasteiger charge is -2.33. The maximum absolute atomic E-state index is 13.8. The lowest BCUT2D eigenvalue weighted by molar-refractivity contribution is 0.0891. The standard InChI is InChI=1S/C15H20F2N2O2/c1-2-3-8-21-15(20)19-7-6-18-14(10-19)12-9-11(16)4-5-13(12)17/h4-5,9,14,18H,2-3,6-8,10H2,1H3. The zero-order valence-corrected chi connectivity index (χ0v) is 12.1. The molecule has 1 aliphatic rings. The summed E-state index contributed by atoms with van der Waals surface area (Å²) >= 11 is 0. The molecular weight excluding hydrogens is 278 g/mol. The molecule has 0 spiro atoms. The molecule has 116 valence electrons. The number of nitrogens with one attached hydrogen (secondary N) is 1. The van der Waals surface area contributed by atoms with Crippen molar-refractivity contribution in [2.75, 3.05) is 26.2 Å². The van der Waals surface area contributed by atoms with Crippen molar-refractivity contribution >= 4 is 6.09 Å². The van der Waals surface area contributed by atoms with Crippen LogP contribution in [-0.2, 0) is 4.74 Å². The Morgan fingerprint density at radius 1 is 1.48 bits per heavy atom. The minimum Gasteiger partial charge on any atom is -0.449 e. The number of carbonyl (C=O) groups excluding carboxylic acids is 1. The van der Waals surface area contributed by atoms with Crippen LogP contribution in [-0.4, -0.2) is 37.2 Å². The highest BCUT2D eigenvalue weighted by molar-refractivity contribution is 5.67. The number of hydrogen-bond donors (Lipinski definition) is 1. The molecule has 4 nitrogen and oxygen atoms in total. The monoisotopic (exact) mass is 298 g/mol. The first kappa shape index (κ1) is 15.7. The van der Waals surface area contributed by atoms with Gasteiger partial charge in [-0.3, -0.25) is 0 Å². The molecule has 1 atom stereocenters. The van der Waals surface area contributed by atoms with Gasteiger partial charge in [0.2, 0.25) is 0 Å². The molecule has 21 heavy (non-hydrogen) atoms. The third-order valence-electron chi connectivity index (χ3n) is 3.49. The molecule has 1 amide bonds. The van der Waals surface area contributed by atoms with Crippen LogP contribution in [0.25, 0.3) is 0 Å². The minimum atomic E-state index is -0.490.